The first-order valence-corrected chi connectivity index (χ1v) is 3.68. The fraction of sp³-hybridized carbons (Fsp3) is 0.100. The molecule has 0 aromatic heterocycles. The molecule has 1 heteroatoms. The van der Waals surface area contributed by atoms with Crippen molar-refractivity contribution in [1.29, 1.82) is 0 Å². The van der Waals surface area contributed by atoms with Gasteiger partial charge < -0.3 is 5.73 Å². The van der Waals surface area contributed by atoms with Crippen LogP contribution in [0.25, 0.3) is 6.08 Å². The van der Waals surface area contributed by atoms with Crippen LogP contribution in [-0.4, -0.2) is 6.54 Å². The summed E-state index contributed by atoms with van der Waals surface area (Å²) >= 11 is 0. The Kier molecular flexibility index (Phi) is 3.42. The van der Waals surface area contributed by atoms with E-state index in [9.17, 15) is 0 Å². The van der Waals surface area contributed by atoms with E-state index in [1.54, 1.807) is 0 Å². The Morgan fingerprint density at radius 3 is 2.55 bits per heavy atom. The third kappa shape index (κ3) is 3.01. The number of hydrogen-bond donors (Lipinski definition) is 1. The largest absolute Gasteiger partial charge is 0.330 e. The first-order valence-electron chi connectivity index (χ1n) is 3.68. The van der Waals surface area contributed by atoms with Crippen LogP contribution in [0.1, 0.15) is 5.56 Å². The number of nitrogens with two attached hydrogens (primary N) is 1. The van der Waals surface area contributed by atoms with Crippen molar-refractivity contribution in [2.45, 2.75) is 0 Å². The monoisotopic (exact) mass is 146 g/mol. The third-order valence-corrected chi connectivity index (χ3v) is 1.36. The van der Waals surface area contributed by atoms with Crippen LogP contribution in [0.15, 0.2) is 36.4 Å². The first-order chi connectivity index (χ1) is 5.43. The molecule has 0 atom stereocenters. The molecule has 11 heavy (non-hydrogen) atoms. The molecule has 0 unspecified atom stereocenters. The van der Waals surface area contributed by atoms with E-state index in [1.165, 1.54) is 5.56 Å². The van der Waals surface area contributed by atoms with Crippen molar-refractivity contribution in [3.63, 3.8) is 0 Å². The van der Waals surface area contributed by atoms with Gasteiger partial charge in [0.1, 0.15) is 0 Å². The molecule has 0 saturated carbocycles. The molecule has 0 aliphatic rings. The highest BCUT2D eigenvalue weighted by Crippen LogP contribution is 2.00. The second-order valence-electron chi connectivity index (χ2n) is 2.24. The molecule has 0 amide bonds. The molecule has 0 saturated heterocycles. The van der Waals surface area contributed by atoms with E-state index < -0.39 is 0 Å². The molecular formula is C10H12N. The highest BCUT2D eigenvalue weighted by molar-refractivity contribution is 5.49. The molecule has 1 rings (SSSR count). The van der Waals surface area contributed by atoms with Gasteiger partial charge in [-0.3, -0.25) is 0 Å². The number of benzene rings is 1. The van der Waals surface area contributed by atoms with Gasteiger partial charge in [0, 0.05) is 0 Å². The molecule has 57 valence electrons. The topological polar surface area (TPSA) is 26.0 Å². The number of rotatable bonds is 3. The second kappa shape index (κ2) is 4.69. The lowest BCUT2D eigenvalue weighted by molar-refractivity contribution is 1.19. The Labute approximate surface area is 67.5 Å². The fourth-order valence-corrected chi connectivity index (χ4v) is 0.822. The zero-order chi connectivity index (χ0) is 7.94. The van der Waals surface area contributed by atoms with Gasteiger partial charge in [-0.15, -0.1) is 0 Å². The van der Waals surface area contributed by atoms with Crippen molar-refractivity contribution in [3.05, 3.63) is 48.4 Å². The average Bonchev–Trinajstić information content (AvgIpc) is 2.07. The van der Waals surface area contributed by atoms with Gasteiger partial charge in [-0.2, -0.15) is 0 Å². The van der Waals surface area contributed by atoms with E-state index in [2.05, 4.69) is 12.1 Å². The van der Waals surface area contributed by atoms with Crippen LogP contribution in [0.4, 0.5) is 0 Å². The van der Waals surface area contributed by atoms with Crippen LogP contribution in [-0.2, 0) is 0 Å². The molecule has 0 aliphatic heterocycles. The summed E-state index contributed by atoms with van der Waals surface area (Å²) in [4.78, 5) is 0. The zero-order valence-electron chi connectivity index (χ0n) is 6.40. The van der Waals surface area contributed by atoms with Crippen molar-refractivity contribution in [1.82, 2.24) is 0 Å². The maximum atomic E-state index is 5.29. The lowest BCUT2D eigenvalue weighted by Gasteiger charge is -1.89. The minimum atomic E-state index is 0.601. The normalized spacial score (nSPS) is 10.6. The molecule has 1 radical (unpaired) electrons. The lowest BCUT2D eigenvalue weighted by Crippen LogP contribution is -1.95. The molecule has 0 aliphatic carbocycles. The van der Waals surface area contributed by atoms with Gasteiger partial charge in [0.05, 0.1) is 0 Å². The maximum absolute atomic E-state index is 5.29. The Bertz CT molecular complexity index is 214. The number of hydrogen-bond acceptors (Lipinski definition) is 1. The van der Waals surface area contributed by atoms with Gasteiger partial charge in [0.15, 0.2) is 0 Å². The van der Waals surface area contributed by atoms with Crippen molar-refractivity contribution < 1.29 is 0 Å². The van der Waals surface area contributed by atoms with Crippen LogP contribution in [0.3, 0.4) is 0 Å². The standard InChI is InChI=1S/C10H12N/c11-9-5-4-8-10-6-2-1-3-7-10/h1-8H,9,11H2/b8-4+. The molecule has 2 N–H and O–H groups in total. The smallest absolute Gasteiger partial charge is 0.000790 e. The molecule has 0 bridgehead atoms. The highest BCUT2D eigenvalue weighted by atomic mass is 14.5. The van der Waals surface area contributed by atoms with E-state index in [-0.39, 0.29) is 0 Å². The Morgan fingerprint density at radius 1 is 1.18 bits per heavy atom. The lowest BCUT2D eigenvalue weighted by atomic mass is 10.2. The van der Waals surface area contributed by atoms with Gasteiger partial charge in [0.25, 0.3) is 0 Å². The van der Waals surface area contributed by atoms with E-state index in [0.29, 0.717) is 6.54 Å². The fourth-order valence-electron chi connectivity index (χ4n) is 0.822. The van der Waals surface area contributed by atoms with E-state index in [4.69, 9.17) is 5.73 Å². The Morgan fingerprint density at radius 2 is 1.91 bits per heavy atom. The van der Waals surface area contributed by atoms with Crippen molar-refractivity contribution in [2.75, 3.05) is 6.54 Å². The minimum Gasteiger partial charge on any atom is -0.330 e. The van der Waals surface area contributed by atoms with E-state index >= 15 is 0 Å². The molecule has 0 fully saturated rings. The molecule has 0 heterocycles. The van der Waals surface area contributed by atoms with Gasteiger partial charge in [-0.25, -0.2) is 0 Å². The van der Waals surface area contributed by atoms with Crippen LogP contribution < -0.4 is 5.73 Å². The average molecular weight is 146 g/mol. The Hall–Kier alpha value is -1.08. The highest BCUT2D eigenvalue weighted by Gasteiger charge is 1.80. The summed E-state index contributed by atoms with van der Waals surface area (Å²) in [5.74, 6) is 0. The third-order valence-electron chi connectivity index (χ3n) is 1.36. The van der Waals surface area contributed by atoms with Gasteiger partial charge >= 0.3 is 0 Å². The predicted octanol–water partition coefficient (Wildman–Crippen LogP) is 1.86. The quantitative estimate of drug-likeness (QED) is 0.692. The zero-order valence-corrected chi connectivity index (χ0v) is 6.40. The van der Waals surface area contributed by atoms with E-state index in [0.717, 1.165) is 0 Å². The Balaban J connectivity index is 2.50. The SMILES string of the molecule is NC[CH]/C=C/c1ccccc1. The van der Waals surface area contributed by atoms with Crippen molar-refractivity contribution >= 4 is 6.08 Å². The van der Waals surface area contributed by atoms with Gasteiger partial charge in [0.2, 0.25) is 0 Å². The van der Waals surface area contributed by atoms with Crippen molar-refractivity contribution in [2.24, 2.45) is 5.73 Å². The minimum absolute atomic E-state index is 0.601. The molecule has 1 aromatic rings. The van der Waals surface area contributed by atoms with E-state index in [1.807, 2.05) is 36.8 Å². The second-order valence-corrected chi connectivity index (χ2v) is 2.24. The van der Waals surface area contributed by atoms with Gasteiger partial charge in [-0.05, 0) is 18.5 Å². The summed E-state index contributed by atoms with van der Waals surface area (Å²) in [6.07, 6.45) is 5.93. The maximum Gasteiger partial charge on any atom is -0.000790 e. The molecular weight excluding hydrogens is 134 g/mol. The van der Waals surface area contributed by atoms with Crippen LogP contribution in [0.2, 0.25) is 0 Å². The first kappa shape index (κ1) is 8.02. The molecule has 1 nitrogen and oxygen atoms in total. The summed E-state index contributed by atoms with van der Waals surface area (Å²) in [7, 11) is 0. The van der Waals surface area contributed by atoms with Crippen LogP contribution >= 0.6 is 0 Å². The molecule has 1 aromatic carbocycles. The summed E-state index contributed by atoms with van der Waals surface area (Å²) in [6.45, 7) is 0.601. The van der Waals surface area contributed by atoms with Crippen molar-refractivity contribution in [3.8, 4) is 0 Å². The molecule has 0 spiro atoms. The summed E-state index contributed by atoms with van der Waals surface area (Å²) in [5.41, 5.74) is 6.49. The van der Waals surface area contributed by atoms with Crippen LogP contribution in [0.5, 0.6) is 0 Å². The summed E-state index contributed by atoms with van der Waals surface area (Å²) in [6, 6.07) is 10.1. The summed E-state index contributed by atoms with van der Waals surface area (Å²) in [5, 5.41) is 0. The van der Waals surface area contributed by atoms with Crippen LogP contribution in [0, 0.1) is 6.42 Å². The summed E-state index contributed by atoms with van der Waals surface area (Å²) < 4.78 is 0. The predicted molar refractivity (Wildman–Crippen MR) is 48.8 cm³/mol. The van der Waals surface area contributed by atoms with Gasteiger partial charge in [-0.1, -0.05) is 42.5 Å².